The summed E-state index contributed by atoms with van der Waals surface area (Å²) in [5.74, 6) is -0.0945. The van der Waals surface area contributed by atoms with Crippen molar-refractivity contribution in [3.8, 4) is 0 Å². The minimum Gasteiger partial charge on any atom is -0.370 e. The molecule has 1 fully saturated rings. The zero-order valence-corrected chi connectivity index (χ0v) is 14.5. The molecule has 2 aromatic carbocycles. The fraction of sp³-hybridized carbons (Fsp3) is 0.250. The Hall–Kier alpha value is -2.20. The number of anilines is 2. The summed E-state index contributed by atoms with van der Waals surface area (Å²) in [5, 5.41) is 4.84. The number of para-hydroxylation sites is 2. The topological polar surface area (TPSA) is 32.3 Å². The molecule has 3 nitrogen and oxygen atoms in total. The van der Waals surface area contributed by atoms with Crippen molar-refractivity contribution < 1.29 is 4.79 Å². The van der Waals surface area contributed by atoms with Crippen molar-refractivity contribution in [1.29, 1.82) is 0 Å². The number of hydrogen-bond acceptors (Lipinski definition) is 3. The minimum atomic E-state index is -0.0945. The number of piperidine rings is 1. The number of thioether (sulfide) groups is 1. The van der Waals surface area contributed by atoms with E-state index in [1.54, 1.807) is 6.08 Å². The van der Waals surface area contributed by atoms with E-state index in [4.69, 9.17) is 0 Å². The molecule has 0 unspecified atom stereocenters. The highest BCUT2D eigenvalue weighted by Crippen LogP contribution is 2.28. The molecular weight excluding hydrogens is 316 g/mol. The van der Waals surface area contributed by atoms with Crippen molar-refractivity contribution >= 4 is 29.0 Å². The summed E-state index contributed by atoms with van der Waals surface area (Å²) in [5.41, 5.74) is 2.01. The number of nitrogens with one attached hydrogen (secondary N) is 1. The second-order valence-corrected chi connectivity index (χ2v) is 6.77. The molecule has 0 bridgehead atoms. The van der Waals surface area contributed by atoms with Gasteiger partial charge in [-0.1, -0.05) is 42.1 Å². The molecule has 0 atom stereocenters. The average molecular weight is 338 g/mol. The van der Waals surface area contributed by atoms with Gasteiger partial charge in [0, 0.05) is 24.1 Å². The van der Waals surface area contributed by atoms with E-state index in [-0.39, 0.29) is 5.91 Å². The summed E-state index contributed by atoms with van der Waals surface area (Å²) in [6, 6.07) is 18.1. The molecule has 2 aromatic rings. The molecule has 1 aliphatic heterocycles. The Kier molecular flexibility index (Phi) is 5.96. The third-order valence-electron chi connectivity index (χ3n) is 4.03. The summed E-state index contributed by atoms with van der Waals surface area (Å²) < 4.78 is 0. The lowest BCUT2D eigenvalue weighted by molar-refractivity contribution is -0.111. The van der Waals surface area contributed by atoms with Crippen molar-refractivity contribution in [2.75, 3.05) is 23.3 Å². The fourth-order valence-corrected chi connectivity index (χ4v) is 3.50. The first-order valence-corrected chi connectivity index (χ1v) is 9.24. The highest BCUT2D eigenvalue weighted by atomic mass is 32.2. The highest BCUT2D eigenvalue weighted by molar-refractivity contribution is 8.02. The van der Waals surface area contributed by atoms with Gasteiger partial charge in [-0.3, -0.25) is 4.79 Å². The van der Waals surface area contributed by atoms with Gasteiger partial charge in [0.15, 0.2) is 0 Å². The van der Waals surface area contributed by atoms with E-state index in [2.05, 4.69) is 16.3 Å². The van der Waals surface area contributed by atoms with Gasteiger partial charge in [0.2, 0.25) is 5.91 Å². The van der Waals surface area contributed by atoms with Crippen LogP contribution in [-0.2, 0) is 4.79 Å². The Morgan fingerprint density at radius 1 is 0.958 bits per heavy atom. The van der Waals surface area contributed by atoms with E-state index in [0.29, 0.717) is 0 Å². The third kappa shape index (κ3) is 4.65. The maximum absolute atomic E-state index is 12.2. The van der Waals surface area contributed by atoms with Crippen molar-refractivity contribution in [2.24, 2.45) is 0 Å². The number of rotatable bonds is 5. The summed E-state index contributed by atoms with van der Waals surface area (Å²) in [6.07, 6.45) is 5.32. The van der Waals surface area contributed by atoms with Gasteiger partial charge in [0.25, 0.3) is 0 Å². The second kappa shape index (κ2) is 8.60. The monoisotopic (exact) mass is 338 g/mol. The quantitative estimate of drug-likeness (QED) is 0.620. The van der Waals surface area contributed by atoms with E-state index in [1.807, 2.05) is 53.9 Å². The van der Waals surface area contributed by atoms with Crippen LogP contribution in [0.15, 0.2) is 71.0 Å². The van der Waals surface area contributed by atoms with Gasteiger partial charge in [0.05, 0.1) is 11.4 Å². The molecule has 0 aromatic heterocycles. The van der Waals surface area contributed by atoms with E-state index < -0.39 is 0 Å². The van der Waals surface area contributed by atoms with E-state index in [9.17, 15) is 4.79 Å². The largest absolute Gasteiger partial charge is 0.370 e. The van der Waals surface area contributed by atoms with Gasteiger partial charge in [-0.25, -0.2) is 0 Å². The molecule has 1 heterocycles. The Bertz CT molecular complexity index is 694. The first kappa shape index (κ1) is 16.7. The Balaban J connectivity index is 1.62. The zero-order valence-electron chi connectivity index (χ0n) is 13.7. The van der Waals surface area contributed by atoms with Gasteiger partial charge >= 0.3 is 0 Å². The maximum atomic E-state index is 12.2. The van der Waals surface area contributed by atoms with Crippen molar-refractivity contribution in [3.05, 3.63) is 66.1 Å². The van der Waals surface area contributed by atoms with Crippen LogP contribution in [0.1, 0.15) is 19.3 Å². The normalized spacial score (nSPS) is 14.8. The molecule has 1 amide bonds. The van der Waals surface area contributed by atoms with Crippen LogP contribution in [0.5, 0.6) is 0 Å². The smallest absolute Gasteiger partial charge is 0.248 e. The summed E-state index contributed by atoms with van der Waals surface area (Å²) >= 11 is 1.54. The molecule has 0 saturated carbocycles. The molecule has 0 aliphatic carbocycles. The van der Waals surface area contributed by atoms with Crippen molar-refractivity contribution in [1.82, 2.24) is 0 Å². The van der Waals surface area contributed by atoms with E-state index >= 15 is 0 Å². The van der Waals surface area contributed by atoms with Gasteiger partial charge < -0.3 is 10.2 Å². The lowest BCUT2D eigenvalue weighted by Gasteiger charge is -2.30. The third-order valence-corrected chi connectivity index (χ3v) is 4.84. The number of amides is 1. The van der Waals surface area contributed by atoms with Gasteiger partial charge in [-0.05, 0) is 48.9 Å². The molecule has 1 N–H and O–H groups in total. The molecule has 0 radical (unpaired) electrons. The first-order chi connectivity index (χ1) is 11.8. The van der Waals surface area contributed by atoms with Crippen LogP contribution in [-0.4, -0.2) is 19.0 Å². The molecular formula is C20H22N2OS. The molecule has 1 aliphatic rings. The number of hydrogen-bond donors (Lipinski definition) is 1. The predicted octanol–water partition coefficient (Wildman–Crippen LogP) is 4.92. The molecule has 0 spiro atoms. The van der Waals surface area contributed by atoms with Crippen LogP contribution >= 0.6 is 11.8 Å². The van der Waals surface area contributed by atoms with Crippen molar-refractivity contribution in [2.45, 2.75) is 24.2 Å². The van der Waals surface area contributed by atoms with Gasteiger partial charge in [0.1, 0.15) is 0 Å². The van der Waals surface area contributed by atoms with Crippen LogP contribution in [0.3, 0.4) is 0 Å². The predicted molar refractivity (Wildman–Crippen MR) is 103 cm³/mol. The molecule has 124 valence electrons. The summed E-state index contributed by atoms with van der Waals surface area (Å²) in [4.78, 5) is 15.7. The molecule has 24 heavy (non-hydrogen) atoms. The molecule has 3 rings (SSSR count). The Morgan fingerprint density at radius 3 is 2.46 bits per heavy atom. The SMILES string of the molecule is O=C(C=CSc1ccccc1)Nc1ccccc1N1CCCCC1. The lowest BCUT2D eigenvalue weighted by Crippen LogP contribution is -2.30. The number of nitrogens with zero attached hydrogens (tertiary/aromatic N) is 1. The summed E-state index contributed by atoms with van der Waals surface area (Å²) in [6.45, 7) is 2.12. The highest BCUT2D eigenvalue weighted by Gasteiger charge is 2.14. The van der Waals surface area contributed by atoms with E-state index in [1.165, 1.54) is 31.0 Å². The van der Waals surface area contributed by atoms with Crippen LogP contribution < -0.4 is 10.2 Å². The molecule has 4 heteroatoms. The van der Waals surface area contributed by atoms with Gasteiger partial charge in [-0.2, -0.15) is 0 Å². The fourth-order valence-electron chi connectivity index (χ4n) is 2.84. The van der Waals surface area contributed by atoms with Crippen LogP contribution in [0.4, 0.5) is 11.4 Å². The van der Waals surface area contributed by atoms with Crippen LogP contribution in [0.25, 0.3) is 0 Å². The first-order valence-electron chi connectivity index (χ1n) is 8.36. The standard InChI is InChI=1S/C20H22N2OS/c23-20(13-16-24-17-9-3-1-4-10-17)21-18-11-5-6-12-19(18)22-14-7-2-8-15-22/h1,3-6,9-13,16H,2,7-8,14-15H2,(H,21,23). The van der Waals surface area contributed by atoms with Crippen LogP contribution in [0.2, 0.25) is 0 Å². The minimum absolute atomic E-state index is 0.0945. The average Bonchev–Trinajstić information content (AvgIpc) is 2.64. The Labute approximate surface area is 147 Å². The van der Waals surface area contributed by atoms with Crippen molar-refractivity contribution in [3.63, 3.8) is 0 Å². The number of benzene rings is 2. The zero-order chi connectivity index (χ0) is 16.6. The van der Waals surface area contributed by atoms with Gasteiger partial charge in [-0.15, -0.1) is 0 Å². The summed E-state index contributed by atoms with van der Waals surface area (Å²) in [7, 11) is 0. The Morgan fingerprint density at radius 2 is 1.67 bits per heavy atom. The van der Waals surface area contributed by atoms with Crippen LogP contribution in [0, 0.1) is 0 Å². The maximum Gasteiger partial charge on any atom is 0.248 e. The molecule has 1 saturated heterocycles. The lowest BCUT2D eigenvalue weighted by atomic mass is 10.1. The number of carbonyl (C=O) groups excluding carboxylic acids is 1. The van der Waals surface area contributed by atoms with E-state index in [0.717, 1.165) is 29.4 Å². The second-order valence-electron chi connectivity index (χ2n) is 5.79. The number of carbonyl (C=O) groups is 1.